The maximum atomic E-state index is 16.0. The number of amides is 1. The van der Waals surface area contributed by atoms with E-state index in [1.807, 2.05) is 10.7 Å². The summed E-state index contributed by atoms with van der Waals surface area (Å²) in [4.78, 5) is 28.6. The average Bonchev–Trinajstić information content (AvgIpc) is 3.70. The van der Waals surface area contributed by atoms with Crippen LogP contribution in [0.2, 0.25) is 5.02 Å². The van der Waals surface area contributed by atoms with E-state index in [0.29, 0.717) is 67.5 Å². The minimum Gasteiger partial charge on any atom is -0.461 e. The molecule has 2 N–H and O–H groups in total. The summed E-state index contributed by atoms with van der Waals surface area (Å²) in [6.07, 6.45) is 3.82. The summed E-state index contributed by atoms with van der Waals surface area (Å²) < 4.78 is 45.7. The number of nitrogens with two attached hydrogens (primary N) is 1. The zero-order chi connectivity index (χ0) is 34.2. The average molecular weight is 697 g/mol. The minimum atomic E-state index is -1.01. The van der Waals surface area contributed by atoms with E-state index in [-0.39, 0.29) is 42.3 Å². The number of aryl methyl sites for hydroxylation is 1. The fraction of sp³-hybridized carbons (Fsp3) is 0.600. The minimum absolute atomic E-state index is 0.00424. The number of ether oxygens (including phenoxy) is 2. The number of fused-ring (bicyclic) bond motifs is 5. The second-order valence-corrected chi connectivity index (χ2v) is 15.2. The van der Waals surface area contributed by atoms with Crippen molar-refractivity contribution in [1.82, 2.24) is 29.5 Å². The maximum Gasteiger partial charge on any atom is 0.318 e. The molecule has 5 aliphatic rings. The Morgan fingerprint density at radius 1 is 1.20 bits per heavy atom. The Morgan fingerprint density at radius 3 is 2.86 bits per heavy atom. The van der Waals surface area contributed by atoms with Crippen molar-refractivity contribution in [3.05, 3.63) is 56.7 Å². The third-order valence-electron chi connectivity index (χ3n) is 11.4. The van der Waals surface area contributed by atoms with Crippen LogP contribution in [0.4, 0.5) is 20.3 Å². The number of carbonyl (C=O) groups excluding carboxylic acids is 1. The SMILES string of the molecule is C[C@H]1CC[C@]2(Cc3nc(OCC45CCCN4C[C@H](F)C5)nc(N4CCCn5nc(C(=O)N(C)C)cc5C4)c3CO2)c2c(F)c(N)cc(Cl)c21. The number of alkyl halides is 1. The fourth-order valence-electron chi connectivity index (χ4n) is 8.90. The van der Waals surface area contributed by atoms with Crippen LogP contribution in [-0.2, 0) is 36.5 Å². The van der Waals surface area contributed by atoms with Gasteiger partial charge in [-0.05, 0) is 62.3 Å². The summed E-state index contributed by atoms with van der Waals surface area (Å²) in [6.45, 7) is 5.57. The predicted molar refractivity (Wildman–Crippen MR) is 180 cm³/mol. The van der Waals surface area contributed by atoms with Gasteiger partial charge < -0.3 is 25.0 Å². The molecule has 4 aliphatic heterocycles. The molecule has 4 atom stereocenters. The molecular formula is C35H43ClF2N8O3. The third kappa shape index (κ3) is 5.43. The molecule has 262 valence electrons. The van der Waals surface area contributed by atoms with Crippen LogP contribution in [0.3, 0.4) is 0 Å². The lowest BCUT2D eigenvalue weighted by Gasteiger charge is -2.45. The number of nitrogens with zero attached hydrogens (tertiary/aromatic N) is 7. The van der Waals surface area contributed by atoms with E-state index in [1.165, 1.54) is 11.0 Å². The van der Waals surface area contributed by atoms with Crippen molar-refractivity contribution in [3.8, 4) is 6.01 Å². The van der Waals surface area contributed by atoms with Crippen molar-refractivity contribution in [2.24, 2.45) is 0 Å². The summed E-state index contributed by atoms with van der Waals surface area (Å²) in [5.74, 6) is 0.0693. The van der Waals surface area contributed by atoms with Crippen LogP contribution in [0.1, 0.15) is 89.9 Å². The molecule has 1 spiro atoms. The van der Waals surface area contributed by atoms with Gasteiger partial charge in [-0.3, -0.25) is 14.4 Å². The van der Waals surface area contributed by atoms with Crippen LogP contribution < -0.4 is 15.4 Å². The fourth-order valence-corrected chi connectivity index (χ4v) is 9.30. The van der Waals surface area contributed by atoms with Gasteiger partial charge in [0.15, 0.2) is 11.5 Å². The van der Waals surface area contributed by atoms with Crippen LogP contribution in [0.15, 0.2) is 12.1 Å². The number of hydrogen-bond acceptors (Lipinski definition) is 9. The van der Waals surface area contributed by atoms with E-state index in [9.17, 15) is 9.18 Å². The third-order valence-corrected chi connectivity index (χ3v) is 11.7. The Morgan fingerprint density at radius 2 is 2.04 bits per heavy atom. The first kappa shape index (κ1) is 32.6. The molecule has 2 aromatic heterocycles. The first-order valence-corrected chi connectivity index (χ1v) is 17.7. The van der Waals surface area contributed by atoms with E-state index in [2.05, 4.69) is 21.8 Å². The van der Waals surface area contributed by atoms with Crippen molar-refractivity contribution >= 4 is 29.0 Å². The highest BCUT2D eigenvalue weighted by Crippen LogP contribution is 2.52. The maximum absolute atomic E-state index is 16.0. The zero-order valence-corrected chi connectivity index (χ0v) is 29.0. The highest BCUT2D eigenvalue weighted by molar-refractivity contribution is 6.31. The summed E-state index contributed by atoms with van der Waals surface area (Å²) in [6, 6.07) is 3.55. The largest absolute Gasteiger partial charge is 0.461 e. The standard InChI is InChI=1S/C35H43ClF2N8O3/c1-20-6-8-35(29-28(20)24(36)13-25(39)30(29)38)15-27-23(18-49-35)31(41-33(40-27)48-19-34-7-4-10-45(34)16-21(37)14-34)44-9-5-11-46-22(17-44)12-26(42-46)32(47)43(2)3/h12-13,20-21H,4-11,14-19,39H2,1-3H3/t20-,21+,34?,35-/m0/s1. The molecule has 8 rings (SSSR count). The van der Waals surface area contributed by atoms with Gasteiger partial charge in [-0.15, -0.1) is 0 Å². The Bertz CT molecular complexity index is 1820. The highest BCUT2D eigenvalue weighted by Gasteiger charge is 2.50. The summed E-state index contributed by atoms with van der Waals surface area (Å²) >= 11 is 6.71. The molecule has 0 radical (unpaired) electrons. The molecule has 1 aliphatic carbocycles. The number of hydrogen-bond donors (Lipinski definition) is 1. The number of benzene rings is 1. The van der Waals surface area contributed by atoms with Gasteiger partial charge in [-0.1, -0.05) is 18.5 Å². The molecule has 3 aromatic rings. The van der Waals surface area contributed by atoms with Gasteiger partial charge in [0.25, 0.3) is 5.91 Å². The van der Waals surface area contributed by atoms with E-state index in [1.54, 1.807) is 14.1 Å². The zero-order valence-electron chi connectivity index (χ0n) is 28.3. The molecule has 2 fully saturated rings. The predicted octanol–water partition coefficient (Wildman–Crippen LogP) is 4.98. The second-order valence-electron chi connectivity index (χ2n) is 14.8. The number of rotatable bonds is 5. The number of halogens is 3. The van der Waals surface area contributed by atoms with Gasteiger partial charge in [-0.2, -0.15) is 15.1 Å². The molecule has 49 heavy (non-hydrogen) atoms. The second kappa shape index (κ2) is 12.1. The number of carbonyl (C=O) groups is 1. The highest BCUT2D eigenvalue weighted by atomic mass is 35.5. The Labute approximate surface area is 289 Å². The molecular weight excluding hydrogens is 654 g/mol. The lowest BCUT2D eigenvalue weighted by Crippen LogP contribution is -2.44. The quantitative estimate of drug-likeness (QED) is 0.369. The van der Waals surface area contributed by atoms with Crippen LogP contribution in [0, 0.1) is 5.82 Å². The Kier molecular flexibility index (Phi) is 8.03. The van der Waals surface area contributed by atoms with E-state index >= 15 is 4.39 Å². The Balaban J connectivity index is 1.19. The first-order valence-electron chi connectivity index (χ1n) is 17.3. The summed E-state index contributed by atoms with van der Waals surface area (Å²) in [5.41, 5.74) is 8.74. The normalized spacial score (nSPS) is 27.8. The number of aromatic nitrogens is 4. The molecule has 6 heterocycles. The van der Waals surface area contributed by atoms with Crippen LogP contribution in [0.5, 0.6) is 6.01 Å². The van der Waals surface area contributed by atoms with Crippen molar-refractivity contribution in [2.45, 2.75) is 94.8 Å². The molecule has 0 saturated carbocycles. The summed E-state index contributed by atoms with van der Waals surface area (Å²) in [5, 5.41) is 5.05. The van der Waals surface area contributed by atoms with Gasteiger partial charge >= 0.3 is 6.01 Å². The molecule has 11 nitrogen and oxygen atoms in total. The number of anilines is 2. The molecule has 1 aromatic carbocycles. The van der Waals surface area contributed by atoms with Crippen molar-refractivity contribution < 1.29 is 23.0 Å². The van der Waals surface area contributed by atoms with Crippen molar-refractivity contribution in [2.75, 3.05) is 51.0 Å². The molecule has 1 unspecified atom stereocenters. The van der Waals surface area contributed by atoms with E-state index < -0.39 is 17.6 Å². The lowest BCUT2D eigenvalue weighted by atomic mass is 9.70. The first-order chi connectivity index (χ1) is 23.5. The molecule has 0 bridgehead atoms. The Hall–Kier alpha value is -3.55. The van der Waals surface area contributed by atoms with Gasteiger partial charge in [0, 0.05) is 62.7 Å². The van der Waals surface area contributed by atoms with Crippen LogP contribution >= 0.6 is 11.6 Å². The van der Waals surface area contributed by atoms with E-state index in [4.69, 9.17) is 36.8 Å². The van der Waals surface area contributed by atoms with Crippen molar-refractivity contribution in [3.63, 3.8) is 0 Å². The summed E-state index contributed by atoms with van der Waals surface area (Å²) in [7, 11) is 3.42. The topological polar surface area (TPSA) is 115 Å². The van der Waals surface area contributed by atoms with Crippen LogP contribution in [-0.4, -0.2) is 87.5 Å². The van der Waals surface area contributed by atoms with Gasteiger partial charge in [0.05, 0.1) is 35.8 Å². The van der Waals surface area contributed by atoms with Gasteiger partial charge in [0.1, 0.15) is 24.2 Å². The molecule has 14 heteroatoms. The molecule has 2 saturated heterocycles. The monoisotopic (exact) mass is 696 g/mol. The van der Waals surface area contributed by atoms with Crippen LogP contribution in [0.25, 0.3) is 0 Å². The van der Waals surface area contributed by atoms with E-state index in [0.717, 1.165) is 54.7 Å². The molecule has 1 amide bonds. The lowest BCUT2D eigenvalue weighted by molar-refractivity contribution is -0.0893. The van der Waals surface area contributed by atoms with Gasteiger partial charge in [0.2, 0.25) is 0 Å². The smallest absolute Gasteiger partial charge is 0.318 e. The van der Waals surface area contributed by atoms with Gasteiger partial charge in [-0.25, -0.2) is 8.78 Å². The number of nitrogen functional groups attached to an aromatic ring is 1. The van der Waals surface area contributed by atoms with Crippen molar-refractivity contribution in [1.29, 1.82) is 0 Å².